The summed E-state index contributed by atoms with van der Waals surface area (Å²) in [4.78, 5) is 1.85. The van der Waals surface area contributed by atoms with Crippen LogP contribution in [0.25, 0.3) is 0 Å². The molecule has 0 unspecified atom stereocenters. The third kappa shape index (κ3) is 1.85. The second kappa shape index (κ2) is 3.74. The third-order valence-electron chi connectivity index (χ3n) is 3.12. The Morgan fingerprint density at radius 2 is 1.94 bits per heavy atom. The highest BCUT2D eigenvalue weighted by Crippen LogP contribution is 2.39. The predicted octanol–water partition coefficient (Wildman–Crippen LogP) is 1.34. The van der Waals surface area contributed by atoms with Crippen molar-refractivity contribution in [2.75, 3.05) is 16.4 Å². The molecule has 4 nitrogen and oxygen atoms in total. The topological polar surface area (TPSA) is 61.2 Å². The number of rotatable bonds is 1. The van der Waals surface area contributed by atoms with Gasteiger partial charge in [-0.05, 0) is 12.1 Å². The maximum Gasteiger partial charge on any atom is 0.161 e. The molecule has 2 aliphatic rings. The largest absolute Gasteiger partial charge is 0.316 e. The standard InChI is InChI=1S/C11H12N2O2S2/c12-11-13(8-4-2-1-3-5-8)9-6-17(14,15)7-10(9)16-11/h1-5,9-10,12H,6-7H2/t9-,10+/m1/s1. The highest BCUT2D eigenvalue weighted by Gasteiger charge is 2.48. The fourth-order valence-corrected chi connectivity index (χ4v) is 6.19. The van der Waals surface area contributed by atoms with Gasteiger partial charge < -0.3 is 4.90 Å². The zero-order chi connectivity index (χ0) is 12.0. The van der Waals surface area contributed by atoms with Gasteiger partial charge in [-0.2, -0.15) is 0 Å². The number of fused-ring (bicyclic) bond motifs is 1. The van der Waals surface area contributed by atoms with Gasteiger partial charge in [0.05, 0.1) is 17.5 Å². The van der Waals surface area contributed by atoms with E-state index in [4.69, 9.17) is 5.41 Å². The van der Waals surface area contributed by atoms with Crippen molar-refractivity contribution in [3.05, 3.63) is 30.3 Å². The summed E-state index contributed by atoms with van der Waals surface area (Å²) in [7, 11) is -2.93. The van der Waals surface area contributed by atoms with E-state index in [1.54, 1.807) is 0 Å². The number of nitrogens with one attached hydrogen (secondary N) is 1. The maximum absolute atomic E-state index is 11.6. The zero-order valence-corrected chi connectivity index (χ0v) is 10.7. The van der Waals surface area contributed by atoms with Crippen LogP contribution in [0.4, 0.5) is 5.69 Å². The van der Waals surface area contributed by atoms with Gasteiger partial charge >= 0.3 is 0 Å². The van der Waals surface area contributed by atoms with E-state index in [1.807, 2.05) is 35.2 Å². The van der Waals surface area contributed by atoms with Gasteiger partial charge in [-0.3, -0.25) is 5.41 Å². The van der Waals surface area contributed by atoms with E-state index in [0.717, 1.165) is 5.69 Å². The molecule has 2 atom stereocenters. The van der Waals surface area contributed by atoms with Crippen molar-refractivity contribution in [2.45, 2.75) is 11.3 Å². The van der Waals surface area contributed by atoms with E-state index in [1.165, 1.54) is 11.8 Å². The van der Waals surface area contributed by atoms with E-state index in [9.17, 15) is 8.42 Å². The third-order valence-corrected chi connectivity index (χ3v) is 6.25. The first-order valence-electron chi connectivity index (χ1n) is 5.37. The summed E-state index contributed by atoms with van der Waals surface area (Å²) in [6.07, 6.45) is 0. The normalized spacial score (nSPS) is 30.6. The summed E-state index contributed by atoms with van der Waals surface area (Å²) in [6.45, 7) is 0. The van der Waals surface area contributed by atoms with Crippen LogP contribution in [0.5, 0.6) is 0 Å². The Kier molecular flexibility index (Phi) is 2.45. The molecule has 6 heteroatoms. The summed E-state index contributed by atoms with van der Waals surface area (Å²) in [5, 5.41) is 8.45. The molecule has 0 spiro atoms. The van der Waals surface area contributed by atoms with E-state index < -0.39 is 9.84 Å². The smallest absolute Gasteiger partial charge is 0.161 e. The zero-order valence-electron chi connectivity index (χ0n) is 9.04. The lowest BCUT2D eigenvalue weighted by Crippen LogP contribution is -2.37. The molecule has 2 heterocycles. The molecule has 1 N–H and O–H groups in total. The molecule has 0 saturated carbocycles. The average Bonchev–Trinajstić information content (AvgIpc) is 2.69. The van der Waals surface area contributed by atoms with Gasteiger partial charge in [-0.25, -0.2) is 8.42 Å². The lowest BCUT2D eigenvalue weighted by molar-refractivity contribution is 0.601. The highest BCUT2D eigenvalue weighted by atomic mass is 32.2. The van der Waals surface area contributed by atoms with Crippen LogP contribution in [-0.2, 0) is 9.84 Å². The lowest BCUT2D eigenvalue weighted by atomic mass is 10.2. The summed E-state index contributed by atoms with van der Waals surface area (Å²) < 4.78 is 23.2. The Labute approximate surface area is 104 Å². The van der Waals surface area contributed by atoms with Gasteiger partial charge in [0.2, 0.25) is 0 Å². The number of para-hydroxylation sites is 1. The van der Waals surface area contributed by atoms with Gasteiger partial charge in [0.1, 0.15) is 0 Å². The van der Waals surface area contributed by atoms with E-state index >= 15 is 0 Å². The Bertz CT molecular complexity index is 556. The minimum atomic E-state index is -2.93. The van der Waals surface area contributed by atoms with Crippen LogP contribution in [0.2, 0.25) is 0 Å². The molecule has 0 amide bonds. The number of benzene rings is 1. The van der Waals surface area contributed by atoms with Crippen molar-refractivity contribution >= 4 is 32.5 Å². The first-order chi connectivity index (χ1) is 8.07. The van der Waals surface area contributed by atoms with Crippen LogP contribution in [0.15, 0.2) is 30.3 Å². The first-order valence-corrected chi connectivity index (χ1v) is 8.07. The predicted molar refractivity (Wildman–Crippen MR) is 70.5 cm³/mol. The van der Waals surface area contributed by atoms with Crippen LogP contribution in [0, 0.1) is 5.41 Å². The van der Waals surface area contributed by atoms with Crippen molar-refractivity contribution in [3.63, 3.8) is 0 Å². The molecule has 2 saturated heterocycles. The number of hydrogen-bond acceptors (Lipinski definition) is 4. The van der Waals surface area contributed by atoms with E-state index in [-0.39, 0.29) is 22.8 Å². The summed E-state index contributed by atoms with van der Waals surface area (Å²) >= 11 is 1.37. The molecule has 0 aromatic heterocycles. The summed E-state index contributed by atoms with van der Waals surface area (Å²) in [5.74, 6) is 0.371. The molecule has 17 heavy (non-hydrogen) atoms. The number of hydrogen-bond donors (Lipinski definition) is 1. The fourth-order valence-electron chi connectivity index (χ4n) is 2.40. The Hall–Kier alpha value is -1.01. The van der Waals surface area contributed by atoms with E-state index in [2.05, 4.69) is 0 Å². The molecule has 0 radical (unpaired) electrons. The first kappa shape index (κ1) is 11.1. The second-order valence-electron chi connectivity index (χ2n) is 4.31. The van der Waals surface area contributed by atoms with Crippen molar-refractivity contribution in [3.8, 4) is 0 Å². The van der Waals surface area contributed by atoms with Gasteiger partial charge in [-0.15, -0.1) is 0 Å². The Morgan fingerprint density at radius 1 is 1.24 bits per heavy atom. The molecule has 2 aliphatic heterocycles. The van der Waals surface area contributed by atoms with Crippen molar-refractivity contribution in [2.24, 2.45) is 0 Å². The van der Waals surface area contributed by atoms with Gasteiger partial charge in [-0.1, -0.05) is 30.0 Å². The molecule has 0 aliphatic carbocycles. The highest BCUT2D eigenvalue weighted by molar-refractivity contribution is 8.15. The van der Waals surface area contributed by atoms with Gasteiger partial charge in [0.25, 0.3) is 0 Å². The number of amidine groups is 1. The van der Waals surface area contributed by atoms with Crippen LogP contribution in [0.1, 0.15) is 0 Å². The summed E-state index contributed by atoms with van der Waals surface area (Å²) in [6, 6.07) is 9.50. The number of nitrogens with zero attached hydrogens (tertiary/aromatic N) is 1. The van der Waals surface area contributed by atoms with Crippen molar-refractivity contribution < 1.29 is 8.42 Å². The Morgan fingerprint density at radius 3 is 2.65 bits per heavy atom. The van der Waals surface area contributed by atoms with Crippen LogP contribution < -0.4 is 4.90 Å². The molecule has 0 bridgehead atoms. The molecule has 1 aromatic rings. The second-order valence-corrected chi connectivity index (χ2v) is 7.69. The van der Waals surface area contributed by atoms with E-state index in [0.29, 0.717) is 5.17 Å². The Balaban J connectivity index is 1.98. The minimum Gasteiger partial charge on any atom is -0.316 e. The van der Waals surface area contributed by atoms with Gasteiger partial charge in [0, 0.05) is 10.9 Å². The summed E-state index contributed by atoms with van der Waals surface area (Å²) in [5.41, 5.74) is 0.912. The molecule has 3 rings (SSSR count). The van der Waals surface area contributed by atoms with Crippen LogP contribution in [0.3, 0.4) is 0 Å². The van der Waals surface area contributed by atoms with Crippen LogP contribution in [-0.4, -0.2) is 36.4 Å². The molecular weight excluding hydrogens is 256 g/mol. The molecule has 90 valence electrons. The van der Waals surface area contributed by atoms with Gasteiger partial charge in [0.15, 0.2) is 15.0 Å². The maximum atomic E-state index is 11.6. The molecular formula is C11H12N2O2S2. The minimum absolute atomic E-state index is 0.0210. The quantitative estimate of drug-likeness (QED) is 0.835. The number of anilines is 1. The van der Waals surface area contributed by atoms with Crippen LogP contribution >= 0.6 is 11.8 Å². The monoisotopic (exact) mass is 268 g/mol. The van der Waals surface area contributed by atoms with Crippen molar-refractivity contribution in [1.82, 2.24) is 0 Å². The van der Waals surface area contributed by atoms with Crippen molar-refractivity contribution in [1.29, 1.82) is 5.41 Å². The molecule has 2 fully saturated rings. The average molecular weight is 268 g/mol. The SMILES string of the molecule is N=C1S[C@H]2CS(=O)(=O)C[C@H]2N1c1ccccc1. The number of sulfone groups is 1. The fraction of sp³-hybridized carbons (Fsp3) is 0.364. The lowest BCUT2D eigenvalue weighted by Gasteiger charge is -2.23. The number of thioether (sulfide) groups is 1. The molecule has 1 aromatic carbocycles.